The summed E-state index contributed by atoms with van der Waals surface area (Å²) in [5, 5.41) is 3.31. The van der Waals surface area contributed by atoms with Gasteiger partial charge in [0.25, 0.3) is 0 Å². The van der Waals surface area contributed by atoms with Crippen molar-refractivity contribution in [2.24, 2.45) is 16.6 Å². The molecule has 2 unspecified atom stereocenters. The highest BCUT2D eigenvalue weighted by Gasteiger charge is 2.32. The van der Waals surface area contributed by atoms with Crippen LogP contribution in [0.4, 0.5) is 0 Å². The Morgan fingerprint density at radius 3 is 2.68 bits per heavy atom. The fourth-order valence-corrected chi connectivity index (χ4v) is 3.32. The molecular weight excluding hydrogens is 326 g/mol. The number of benzene rings is 1. The molecule has 1 saturated heterocycles. The van der Waals surface area contributed by atoms with Crippen molar-refractivity contribution in [3.05, 3.63) is 34.3 Å². The van der Waals surface area contributed by atoms with E-state index < -0.39 is 6.17 Å². The van der Waals surface area contributed by atoms with Crippen molar-refractivity contribution in [1.82, 2.24) is 5.32 Å². The third kappa shape index (κ3) is 3.38. The molecule has 0 aromatic heterocycles. The highest BCUT2D eigenvalue weighted by atomic mass is 79.9. The fraction of sp³-hybridized carbons (Fsp3) is 0.385. The van der Waals surface area contributed by atoms with Crippen LogP contribution in [0.3, 0.4) is 0 Å². The molecule has 0 saturated carbocycles. The van der Waals surface area contributed by atoms with E-state index in [2.05, 4.69) is 26.2 Å². The van der Waals surface area contributed by atoms with E-state index >= 15 is 0 Å². The molecule has 0 bridgehead atoms. The predicted molar refractivity (Wildman–Crippen MR) is 82.9 cm³/mol. The van der Waals surface area contributed by atoms with E-state index in [1.54, 1.807) is 0 Å². The normalized spacial score (nSPS) is 22.9. The zero-order valence-corrected chi connectivity index (χ0v) is 13.2. The van der Waals surface area contributed by atoms with Crippen LogP contribution < -0.4 is 11.1 Å². The number of thioether (sulfide) groups is 1. The minimum Gasteiger partial charge on any atom is -0.306 e. The number of nitrogens with zero attached hydrogens (tertiary/aromatic N) is 1. The Bertz CT molecular complexity index is 518. The number of hydrogen-bond donors (Lipinski definition) is 2. The molecule has 1 fully saturated rings. The van der Waals surface area contributed by atoms with Gasteiger partial charge in [0.05, 0.1) is 5.25 Å². The fourth-order valence-electron chi connectivity index (χ4n) is 1.79. The van der Waals surface area contributed by atoms with Crippen LogP contribution in [0.5, 0.6) is 0 Å². The van der Waals surface area contributed by atoms with Crippen molar-refractivity contribution >= 4 is 38.8 Å². The molecule has 6 heteroatoms. The van der Waals surface area contributed by atoms with Gasteiger partial charge in [0, 0.05) is 10.0 Å². The largest absolute Gasteiger partial charge is 0.306 e. The number of amidine groups is 1. The van der Waals surface area contributed by atoms with Gasteiger partial charge in [-0.05, 0) is 12.0 Å². The maximum atomic E-state index is 11.7. The van der Waals surface area contributed by atoms with Crippen molar-refractivity contribution in [2.75, 3.05) is 0 Å². The maximum absolute atomic E-state index is 11.7. The average Bonchev–Trinajstić information content (AvgIpc) is 2.70. The Labute approximate surface area is 125 Å². The van der Waals surface area contributed by atoms with Crippen molar-refractivity contribution in [1.29, 1.82) is 0 Å². The Kier molecular flexibility index (Phi) is 4.65. The lowest BCUT2D eigenvalue weighted by molar-refractivity contribution is -0.119. The van der Waals surface area contributed by atoms with E-state index in [-0.39, 0.29) is 17.1 Å². The Morgan fingerprint density at radius 1 is 1.42 bits per heavy atom. The lowest BCUT2D eigenvalue weighted by Crippen LogP contribution is -2.28. The molecule has 4 nitrogen and oxygen atoms in total. The summed E-state index contributed by atoms with van der Waals surface area (Å²) < 4.78 is 0.918. The molecule has 0 aliphatic carbocycles. The van der Waals surface area contributed by atoms with Gasteiger partial charge in [0.1, 0.15) is 6.17 Å². The van der Waals surface area contributed by atoms with Gasteiger partial charge in [0.15, 0.2) is 5.17 Å². The van der Waals surface area contributed by atoms with Gasteiger partial charge in [0.2, 0.25) is 5.91 Å². The second-order valence-electron chi connectivity index (χ2n) is 4.67. The van der Waals surface area contributed by atoms with Gasteiger partial charge in [-0.15, -0.1) is 0 Å². The highest BCUT2D eigenvalue weighted by molar-refractivity contribution is 9.10. The summed E-state index contributed by atoms with van der Waals surface area (Å²) in [5.41, 5.74) is 6.96. The molecular formula is C13H16BrN3OS. The van der Waals surface area contributed by atoms with Gasteiger partial charge in [-0.25, -0.2) is 4.99 Å². The molecule has 1 heterocycles. The smallest absolute Gasteiger partial charge is 0.239 e. The summed E-state index contributed by atoms with van der Waals surface area (Å²) in [4.78, 5) is 16.1. The second-order valence-corrected chi connectivity index (χ2v) is 6.66. The molecule has 1 amide bonds. The summed E-state index contributed by atoms with van der Waals surface area (Å²) in [5.74, 6) is 0.287. The van der Waals surface area contributed by atoms with E-state index in [0.29, 0.717) is 5.17 Å². The monoisotopic (exact) mass is 341 g/mol. The van der Waals surface area contributed by atoms with Crippen molar-refractivity contribution in [2.45, 2.75) is 25.3 Å². The minimum atomic E-state index is -0.482. The Morgan fingerprint density at radius 2 is 2.11 bits per heavy atom. The number of halogens is 1. The summed E-state index contributed by atoms with van der Waals surface area (Å²) in [6, 6.07) is 7.68. The molecule has 0 spiro atoms. The first-order chi connectivity index (χ1) is 8.99. The van der Waals surface area contributed by atoms with Crippen LogP contribution in [-0.2, 0) is 4.79 Å². The molecule has 2 atom stereocenters. The highest BCUT2D eigenvalue weighted by Crippen LogP contribution is 2.28. The van der Waals surface area contributed by atoms with Gasteiger partial charge in [-0.1, -0.05) is 59.7 Å². The summed E-state index contributed by atoms with van der Waals surface area (Å²) in [6.45, 7) is 4.04. The van der Waals surface area contributed by atoms with Gasteiger partial charge >= 0.3 is 0 Å². The number of amides is 1. The zero-order chi connectivity index (χ0) is 14.0. The molecule has 0 radical (unpaired) electrons. The molecule has 1 aliphatic heterocycles. The first-order valence-corrected chi connectivity index (χ1v) is 7.71. The summed E-state index contributed by atoms with van der Waals surface area (Å²) in [6.07, 6.45) is -0.482. The Balaban J connectivity index is 2.15. The number of carbonyl (C=O) groups excluding carboxylic acids is 1. The number of nitrogens with two attached hydrogens (primary N) is 1. The first kappa shape index (κ1) is 14.6. The third-order valence-corrected chi connectivity index (χ3v) is 4.98. The molecule has 1 aromatic rings. The van der Waals surface area contributed by atoms with Crippen molar-refractivity contribution in [3.8, 4) is 0 Å². The summed E-state index contributed by atoms with van der Waals surface area (Å²) >= 11 is 4.90. The molecule has 1 aromatic carbocycles. The number of aliphatic imine (C=N–C) groups is 1. The predicted octanol–water partition coefficient (Wildman–Crippen LogP) is 2.65. The molecule has 102 valence electrons. The van der Waals surface area contributed by atoms with E-state index in [4.69, 9.17) is 5.73 Å². The van der Waals surface area contributed by atoms with E-state index in [9.17, 15) is 4.79 Å². The lowest BCUT2D eigenvalue weighted by Gasteiger charge is -2.10. The van der Waals surface area contributed by atoms with Crippen molar-refractivity contribution < 1.29 is 4.79 Å². The number of rotatable bonds is 3. The second kappa shape index (κ2) is 6.07. The first-order valence-electron chi connectivity index (χ1n) is 6.04. The SMILES string of the molecule is CC(C)C1S/C(=N/C(N)c2ccccc2Br)NC1=O. The third-order valence-electron chi connectivity index (χ3n) is 2.81. The van der Waals surface area contributed by atoms with Gasteiger partial charge in [-0.3, -0.25) is 4.79 Å². The molecule has 3 N–H and O–H groups in total. The zero-order valence-electron chi connectivity index (χ0n) is 10.8. The van der Waals surface area contributed by atoms with Crippen molar-refractivity contribution in [3.63, 3.8) is 0 Å². The topological polar surface area (TPSA) is 67.5 Å². The van der Waals surface area contributed by atoms with E-state index in [1.807, 2.05) is 38.1 Å². The Hall–Kier alpha value is -0.850. The van der Waals surface area contributed by atoms with Crippen LogP contribution in [0.2, 0.25) is 0 Å². The number of carbonyl (C=O) groups is 1. The van der Waals surface area contributed by atoms with Gasteiger partial charge < -0.3 is 11.1 Å². The van der Waals surface area contributed by atoms with Crippen LogP contribution in [0.15, 0.2) is 33.7 Å². The standard InChI is InChI=1S/C13H16BrN3OS/c1-7(2)10-12(18)17-13(19-10)16-11(15)8-5-3-4-6-9(8)14/h3-7,10-11H,15H2,1-2H3,(H,16,17,18). The molecule has 1 aliphatic rings. The van der Waals surface area contributed by atoms with Gasteiger partial charge in [-0.2, -0.15) is 0 Å². The quantitative estimate of drug-likeness (QED) is 0.887. The van der Waals surface area contributed by atoms with Crippen LogP contribution >= 0.6 is 27.7 Å². The van der Waals surface area contributed by atoms with E-state index in [0.717, 1.165) is 10.0 Å². The van der Waals surface area contributed by atoms with Crippen LogP contribution in [0.25, 0.3) is 0 Å². The maximum Gasteiger partial charge on any atom is 0.239 e. The number of nitrogens with one attached hydrogen (secondary N) is 1. The minimum absolute atomic E-state index is 0.0121. The van der Waals surface area contributed by atoms with Crippen LogP contribution in [0, 0.1) is 5.92 Å². The average molecular weight is 342 g/mol. The summed E-state index contributed by atoms with van der Waals surface area (Å²) in [7, 11) is 0. The van der Waals surface area contributed by atoms with Crippen LogP contribution in [-0.4, -0.2) is 16.3 Å². The van der Waals surface area contributed by atoms with E-state index in [1.165, 1.54) is 11.8 Å². The molecule has 19 heavy (non-hydrogen) atoms. The number of hydrogen-bond acceptors (Lipinski definition) is 4. The lowest BCUT2D eigenvalue weighted by atomic mass is 10.1. The molecule has 2 rings (SSSR count). The van der Waals surface area contributed by atoms with Crippen LogP contribution in [0.1, 0.15) is 25.6 Å².